The minimum Gasteiger partial charge on any atom is -0.450 e. The molecule has 2 aliphatic carbocycles. The lowest BCUT2D eigenvalue weighted by molar-refractivity contribution is -0.633. The van der Waals surface area contributed by atoms with Crippen LogP contribution in [0.25, 0.3) is 32.9 Å². The molecule has 2 saturated carbocycles. The average molecular weight is 407 g/mol. The van der Waals surface area contributed by atoms with Gasteiger partial charge in [-0.2, -0.15) is 4.57 Å². The summed E-state index contributed by atoms with van der Waals surface area (Å²) in [6, 6.07) is 18.0. The van der Waals surface area contributed by atoms with Gasteiger partial charge in [0.1, 0.15) is 12.8 Å². The van der Waals surface area contributed by atoms with Crippen molar-refractivity contribution in [3.05, 3.63) is 65.2 Å². The first-order valence-corrected chi connectivity index (χ1v) is 11.8. The Balaban J connectivity index is 1.54. The van der Waals surface area contributed by atoms with Crippen molar-refractivity contribution in [1.82, 2.24) is 0 Å². The molecule has 3 aliphatic rings. The van der Waals surface area contributed by atoms with E-state index in [1.54, 1.807) is 0 Å². The molecule has 154 valence electrons. The molecule has 0 amide bonds. The highest BCUT2D eigenvalue weighted by molar-refractivity contribution is 6.05. The molecule has 7 rings (SSSR count). The minimum atomic E-state index is 0.712. The third-order valence-corrected chi connectivity index (χ3v) is 8.56. The summed E-state index contributed by atoms with van der Waals surface area (Å²) in [6.07, 6.45) is 5.65. The molecule has 0 spiro atoms. The lowest BCUT2D eigenvalue weighted by atomic mass is 9.81. The lowest BCUT2D eigenvalue weighted by Crippen LogP contribution is -2.34. The smallest absolute Gasteiger partial charge is 0.256 e. The van der Waals surface area contributed by atoms with Crippen molar-refractivity contribution in [2.45, 2.75) is 45.4 Å². The van der Waals surface area contributed by atoms with Crippen LogP contribution in [0, 0.1) is 25.7 Å². The molecule has 2 heteroatoms. The predicted octanol–water partition coefficient (Wildman–Crippen LogP) is 7.11. The zero-order chi connectivity index (χ0) is 20.9. The van der Waals surface area contributed by atoms with Crippen LogP contribution >= 0.6 is 0 Å². The van der Waals surface area contributed by atoms with Crippen LogP contribution in [0.2, 0.25) is 0 Å². The molecule has 4 aromatic rings. The number of aryl methyl sites for hydroxylation is 2. The van der Waals surface area contributed by atoms with Gasteiger partial charge in [0.15, 0.2) is 5.75 Å². The second-order valence-electron chi connectivity index (χ2n) is 10.1. The number of pyridine rings is 1. The lowest BCUT2D eigenvalue weighted by Gasteiger charge is -2.25. The maximum absolute atomic E-state index is 6.59. The van der Waals surface area contributed by atoms with E-state index in [-0.39, 0.29) is 0 Å². The summed E-state index contributed by atoms with van der Waals surface area (Å²) in [7, 11) is 2.22. The first-order chi connectivity index (χ1) is 15.1. The van der Waals surface area contributed by atoms with Crippen LogP contribution in [-0.4, -0.2) is 0 Å². The van der Waals surface area contributed by atoms with Crippen LogP contribution in [0.4, 0.5) is 0 Å². The standard InChI is InChI=1S/C29H28NO/c1-16-12-20-6-4-9-25-28(20)27(17(16)2)29-26(31-25)15-23-21(7-5-8-24(23)30(29)3)22-14-18-10-11-19(22)13-18/h4-9,12,15,18-19,22H,10-11,13-14H2,1-3H3/q+1. The number of aromatic nitrogens is 1. The second kappa shape index (κ2) is 6.09. The second-order valence-corrected chi connectivity index (χ2v) is 10.1. The number of benzene rings is 3. The molecule has 1 aliphatic heterocycles. The Morgan fingerprint density at radius 1 is 0.935 bits per heavy atom. The van der Waals surface area contributed by atoms with Crippen molar-refractivity contribution in [2.24, 2.45) is 18.9 Å². The number of nitrogens with zero attached hydrogens (tertiary/aromatic N) is 1. The Bertz CT molecular complexity index is 1420. The van der Waals surface area contributed by atoms with Crippen molar-refractivity contribution in [3.8, 4) is 22.8 Å². The van der Waals surface area contributed by atoms with Crippen LogP contribution in [0.15, 0.2) is 48.5 Å². The first-order valence-electron chi connectivity index (χ1n) is 11.8. The molecule has 3 aromatic carbocycles. The van der Waals surface area contributed by atoms with Crippen molar-refractivity contribution in [1.29, 1.82) is 0 Å². The number of ether oxygens (including phenoxy) is 1. The maximum Gasteiger partial charge on any atom is 0.256 e. The van der Waals surface area contributed by atoms with Crippen molar-refractivity contribution < 1.29 is 9.30 Å². The van der Waals surface area contributed by atoms with E-state index in [0.29, 0.717) is 5.92 Å². The summed E-state index contributed by atoms with van der Waals surface area (Å²) >= 11 is 0. The van der Waals surface area contributed by atoms with E-state index in [4.69, 9.17) is 4.74 Å². The molecule has 3 atom stereocenters. The van der Waals surface area contributed by atoms with E-state index in [9.17, 15) is 0 Å². The molecule has 0 N–H and O–H groups in total. The third-order valence-electron chi connectivity index (χ3n) is 8.56. The van der Waals surface area contributed by atoms with Gasteiger partial charge in [0.05, 0.1) is 10.9 Å². The van der Waals surface area contributed by atoms with E-state index in [1.165, 1.54) is 75.3 Å². The highest BCUT2D eigenvalue weighted by Crippen LogP contribution is 2.54. The summed E-state index contributed by atoms with van der Waals surface area (Å²) in [5.41, 5.74) is 8.09. The minimum absolute atomic E-state index is 0.712. The fraction of sp³-hybridized carbons (Fsp3) is 0.345. The van der Waals surface area contributed by atoms with Gasteiger partial charge in [0.25, 0.3) is 5.69 Å². The van der Waals surface area contributed by atoms with Crippen LogP contribution < -0.4 is 9.30 Å². The zero-order valence-corrected chi connectivity index (χ0v) is 18.5. The first kappa shape index (κ1) is 17.8. The summed E-state index contributed by atoms with van der Waals surface area (Å²) < 4.78 is 8.98. The van der Waals surface area contributed by atoms with E-state index in [2.05, 4.69) is 74.0 Å². The largest absolute Gasteiger partial charge is 0.450 e. The quantitative estimate of drug-likeness (QED) is 0.270. The molecule has 3 unspecified atom stereocenters. The number of hydrogen-bond acceptors (Lipinski definition) is 1. The summed E-state index contributed by atoms with van der Waals surface area (Å²) in [5, 5.41) is 3.89. The van der Waals surface area contributed by atoms with Gasteiger partial charge in [0.2, 0.25) is 5.52 Å². The van der Waals surface area contributed by atoms with Gasteiger partial charge in [-0.15, -0.1) is 0 Å². The van der Waals surface area contributed by atoms with Gasteiger partial charge in [-0.05, 0) is 79.0 Å². The van der Waals surface area contributed by atoms with Crippen molar-refractivity contribution in [3.63, 3.8) is 0 Å². The molecule has 2 fully saturated rings. The molecular weight excluding hydrogens is 378 g/mol. The zero-order valence-electron chi connectivity index (χ0n) is 18.5. The Morgan fingerprint density at radius 2 is 1.81 bits per heavy atom. The highest BCUT2D eigenvalue weighted by atomic mass is 16.5. The topological polar surface area (TPSA) is 13.1 Å². The Kier molecular flexibility index (Phi) is 3.49. The number of hydrogen-bond donors (Lipinski definition) is 0. The Morgan fingerprint density at radius 3 is 2.61 bits per heavy atom. The number of rotatable bonds is 1. The van der Waals surface area contributed by atoms with Gasteiger partial charge in [-0.1, -0.05) is 36.8 Å². The van der Waals surface area contributed by atoms with Gasteiger partial charge in [-0.3, -0.25) is 0 Å². The molecule has 2 bridgehead atoms. The molecule has 2 heterocycles. The van der Waals surface area contributed by atoms with E-state index in [1.807, 2.05) is 0 Å². The molecule has 0 radical (unpaired) electrons. The molecule has 0 saturated heterocycles. The van der Waals surface area contributed by atoms with E-state index in [0.717, 1.165) is 23.3 Å². The van der Waals surface area contributed by atoms with Crippen LogP contribution in [0.1, 0.15) is 48.3 Å². The summed E-state index contributed by atoms with van der Waals surface area (Å²) in [4.78, 5) is 0. The van der Waals surface area contributed by atoms with Crippen molar-refractivity contribution >= 4 is 21.7 Å². The predicted molar refractivity (Wildman–Crippen MR) is 126 cm³/mol. The molecule has 31 heavy (non-hydrogen) atoms. The van der Waals surface area contributed by atoms with Gasteiger partial charge in [0, 0.05) is 17.5 Å². The van der Waals surface area contributed by atoms with Crippen LogP contribution in [0.3, 0.4) is 0 Å². The summed E-state index contributed by atoms with van der Waals surface area (Å²) in [5.74, 6) is 4.52. The fourth-order valence-corrected chi connectivity index (χ4v) is 6.98. The average Bonchev–Trinajstić information content (AvgIpc) is 3.40. The van der Waals surface area contributed by atoms with E-state index >= 15 is 0 Å². The maximum atomic E-state index is 6.59. The summed E-state index contributed by atoms with van der Waals surface area (Å²) in [6.45, 7) is 4.48. The fourth-order valence-electron chi connectivity index (χ4n) is 6.98. The Hall–Kier alpha value is -2.87. The third kappa shape index (κ3) is 2.31. The van der Waals surface area contributed by atoms with Gasteiger partial charge in [-0.25, -0.2) is 0 Å². The van der Waals surface area contributed by atoms with Crippen molar-refractivity contribution in [2.75, 3.05) is 0 Å². The molecule has 1 aromatic heterocycles. The Labute approximate surface area is 183 Å². The van der Waals surface area contributed by atoms with Crippen LogP contribution in [-0.2, 0) is 7.05 Å². The van der Waals surface area contributed by atoms with Crippen LogP contribution in [0.5, 0.6) is 11.5 Å². The highest BCUT2D eigenvalue weighted by Gasteiger charge is 2.41. The molecule has 2 nitrogen and oxygen atoms in total. The normalized spacial score (nSPS) is 23.4. The monoisotopic (exact) mass is 406 g/mol. The van der Waals surface area contributed by atoms with Gasteiger partial charge < -0.3 is 4.74 Å². The van der Waals surface area contributed by atoms with E-state index < -0.39 is 0 Å². The molecular formula is C29H28NO+. The number of fused-ring (bicyclic) bond motifs is 5. The SMILES string of the molecule is Cc1cc2cccc3c2c(c1C)-c1c(cc2c(C4CC5CCC4C5)cccc2[n+]1C)O3. The van der Waals surface area contributed by atoms with Gasteiger partial charge >= 0.3 is 0 Å².